The molecular formula is C9H10MnO6-4. The first-order valence-corrected chi connectivity index (χ1v) is 3.42. The smallest absolute Gasteiger partial charge is 0 e. The fraction of sp³-hybridized carbons (Fsp3) is 0.222. The molecule has 1 radical (unpaired) electrons. The van der Waals surface area contributed by atoms with Crippen molar-refractivity contribution in [1.29, 1.82) is 0 Å². The van der Waals surface area contributed by atoms with E-state index in [-0.39, 0.29) is 17.1 Å². The van der Waals surface area contributed by atoms with Crippen LogP contribution in [0.5, 0.6) is 0 Å². The van der Waals surface area contributed by atoms with Gasteiger partial charge in [0.25, 0.3) is 0 Å². The second-order valence-corrected chi connectivity index (χ2v) is 1.74. The Bertz CT molecular complexity index is 195. The van der Waals surface area contributed by atoms with Crippen LogP contribution in [0.2, 0.25) is 0 Å². The van der Waals surface area contributed by atoms with E-state index < -0.39 is 0 Å². The topological polar surface area (TPSA) is 112 Å². The van der Waals surface area contributed by atoms with Gasteiger partial charge in [-0.15, -0.1) is 6.42 Å². The molecule has 16 heavy (non-hydrogen) atoms. The van der Waals surface area contributed by atoms with E-state index in [0.717, 1.165) is 6.42 Å². The average molecular weight is 269 g/mol. The van der Waals surface area contributed by atoms with Gasteiger partial charge in [0.1, 0.15) is 0 Å². The Balaban J connectivity index is -0.0000000637. The van der Waals surface area contributed by atoms with Crippen molar-refractivity contribution in [2.24, 2.45) is 0 Å². The van der Waals surface area contributed by atoms with Gasteiger partial charge in [-0.3, -0.25) is 6.08 Å². The molecule has 1 aliphatic carbocycles. The summed E-state index contributed by atoms with van der Waals surface area (Å²) in [6, 6.07) is 0. The van der Waals surface area contributed by atoms with Gasteiger partial charge < -0.3 is 29.7 Å². The second kappa shape index (κ2) is 29.2. The largest absolute Gasteiger partial charge is 0.665 e. The zero-order valence-corrected chi connectivity index (χ0v) is 9.49. The van der Waals surface area contributed by atoms with Crippen LogP contribution in [-0.4, -0.2) is 34.7 Å². The van der Waals surface area contributed by atoms with E-state index in [2.05, 4.69) is 25.2 Å². The Kier molecular flexibility index (Phi) is 43.6. The summed E-state index contributed by atoms with van der Waals surface area (Å²) in [5, 5.41) is 20.3. The maximum absolute atomic E-state index is 8.24. The van der Waals surface area contributed by atoms with Crippen molar-refractivity contribution in [3.8, 4) is 0 Å². The Labute approximate surface area is 104 Å². The SMILES string of the molecule is CC1=[C-]CC=C1.O=[C-]O.O=[C-]O.O=[C-]O.[Mn]. The Hall–Kier alpha value is -1.59. The van der Waals surface area contributed by atoms with E-state index in [0.29, 0.717) is 19.4 Å². The molecule has 0 fully saturated rings. The van der Waals surface area contributed by atoms with Gasteiger partial charge in [0.2, 0.25) is 0 Å². The van der Waals surface area contributed by atoms with Gasteiger partial charge in [0.05, 0.1) is 0 Å². The number of hydrogen-bond donors (Lipinski definition) is 3. The van der Waals surface area contributed by atoms with Gasteiger partial charge in [0, 0.05) is 17.1 Å². The first-order valence-electron chi connectivity index (χ1n) is 3.42. The maximum atomic E-state index is 8.24. The number of hydrogen-bond acceptors (Lipinski definition) is 3. The third-order valence-electron chi connectivity index (χ3n) is 0.867. The van der Waals surface area contributed by atoms with Gasteiger partial charge in [-0.25, -0.2) is 11.6 Å². The Morgan fingerprint density at radius 2 is 1.44 bits per heavy atom. The van der Waals surface area contributed by atoms with Crippen LogP contribution in [0.25, 0.3) is 0 Å². The molecule has 0 saturated carbocycles. The summed E-state index contributed by atoms with van der Waals surface area (Å²) >= 11 is 0. The predicted octanol–water partition coefficient (Wildman–Crippen LogP) is 0.528. The van der Waals surface area contributed by atoms with Crippen LogP contribution >= 0.6 is 0 Å². The Morgan fingerprint density at radius 1 is 1.12 bits per heavy atom. The first-order chi connectivity index (χ1) is 7.14. The molecule has 0 atom stereocenters. The van der Waals surface area contributed by atoms with Gasteiger partial charge >= 0.3 is 0 Å². The van der Waals surface area contributed by atoms with E-state index in [4.69, 9.17) is 29.7 Å². The van der Waals surface area contributed by atoms with Crippen LogP contribution in [0.3, 0.4) is 0 Å². The van der Waals surface area contributed by atoms with Gasteiger partial charge in [-0.05, 0) is 0 Å². The molecule has 0 amide bonds. The van der Waals surface area contributed by atoms with E-state index >= 15 is 0 Å². The summed E-state index contributed by atoms with van der Waals surface area (Å²) in [6.07, 6.45) is 8.33. The molecule has 3 N–H and O–H groups in total. The maximum Gasteiger partial charge on any atom is 0 e. The van der Waals surface area contributed by atoms with Crippen molar-refractivity contribution in [3.63, 3.8) is 0 Å². The molecule has 0 bridgehead atoms. The molecule has 0 aromatic carbocycles. The first kappa shape index (κ1) is 23.9. The summed E-state index contributed by atoms with van der Waals surface area (Å²) in [6.45, 7) is 3.56. The zero-order valence-electron chi connectivity index (χ0n) is 8.31. The third kappa shape index (κ3) is 55.2. The minimum atomic E-state index is 0. The van der Waals surface area contributed by atoms with Crippen molar-refractivity contribution < 1.29 is 46.8 Å². The number of allylic oxidation sites excluding steroid dienone is 4. The van der Waals surface area contributed by atoms with Gasteiger partial charge in [-0.1, -0.05) is 26.3 Å². The molecule has 7 heteroatoms. The molecular weight excluding hydrogens is 259 g/mol. The molecule has 0 heterocycles. The molecule has 6 nitrogen and oxygen atoms in total. The van der Waals surface area contributed by atoms with Gasteiger partial charge in [0.15, 0.2) is 0 Å². The van der Waals surface area contributed by atoms with Crippen LogP contribution in [0.4, 0.5) is 0 Å². The fourth-order valence-electron chi connectivity index (χ4n) is 0.515. The van der Waals surface area contributed by atoms with Crippen LogP contribution < -0.4 is 0 Å². The molecule has 93 valence electrons. The van der Waals surface area contributed by atoms with E-state index in [1.807, 2.05) is 0 Å². The Morgan fingerprint density at radius 3 is 1.50 bits per heavy atom. The molecule has 0 aromatic rings. The van der Waals surface area contributed by atoms with E-state index in [1.165, 1.54) is 5.57 Å². The number of aliphatic hydroxyl groups excluding tert-OH is 3. The van der Waals surface area contributed by atoms with Gasteiger partial charge in [-0.2, -0.15) is 6.08 Å². The molecule has 0 unspecified atom stereocenters. The minimum absolute atomic E-state index is 0. The van der Waals surface area contributed by atoms with E-state index in [9.17, 15) is 0 Å². The summed E-state index contributed by atoms with van der Waals surface area (Å²) in [5.74, 6) is 0. The minimum Gasteiger partial charge on any atom is -0.665 e. The second-order valence-electron chi connectivity index (χ2n) is 1.74. The molecule has 1 rings (SSSR count). The third-order valence-corrected chi connectivity index (χ3v) is 0.867. The molecule has 0 saturated heterocycles. The monoisotopic (exact) mass is 269 g/mol. The fourth-order valence-corrected chi connectivity index (χ4v) is 0.515. The van der Waals surface area contributed by atoms with Crippen molar-refractivity contribution in [1.82, 2.24) is 0 Å². The zero-order chi connectivity index (χ0) is 12.5. The number of rotatable bonds is 0. The molecule has 0 aromatic heterocycles. The van der Waals surface area contributed by atoms with Crippen LogP contribution in [0.15, 0.2) is 17.7 Å². The summed E-state index contributed by atoms with van der Waals surface area (Å²) in [7, 11) is 0. The molecule has 1 aliphatic rings. The molecule has 0 spiro atoms. The quantitative estimate of drug-likeness (QED) is 0.436. The van der Waals surface area contributed by atoms with Crippen LogP contribution in [-0.2, 0) is 31.5 Å². The molecule has 0 aliphatic heterocycles. The van der Waals surface area contributed by atoms with Crippen molar-refractivity contribution in [2.45, 2.75) is 13.3 Å². The van der Waals surface area contributed by atoms with Crippen molar-refractivity contribution in [2.75, 3.05) is 0 Å². The summed E-state index contributed by atoms with van der Waals surface area (Å²) in [5.41, 5.74) is 1.27. The standard InChI is InChI=1S/C6H7.3CHO2.Mn/c1-6-4-2-3-5-6;3*2-1-3;/h2,4H,3H2,1H3;3*(H,2,3);/q4*-1;. The average Bonchev–Trinajstić information content (AvgIpc) is 2.60. The van der Waals surface area contributed by atoms with E-state index in [1.54, 1.807) is 0 Å². The normalized spacial score (nSPS) is 9.19. The summed E-state index contributed by atoms with van der Waals surface area (Å²) < 4.78 is 0. The summed E-state index contributed by atoms with van der Waals surface area (Å²) in [4.78, 5) is 24.7. The van der Waals surface area contributed by atoms with Crippen molar-refractivity contribution in [3.05, 3.63) is 23.8 Å². The van der Waals surface area contributed by atoms with Crippen LogP contribution in [0, 0.1) is 6.08 Å². The van der Waals surface area contributed by atoms with Crippen molar-refractivity contribution >= 4 is 19.4 Å². The predicted molar refractivity (Wildman–Crippen MR) is 51.2 cm³/mol. The van der Waals surface area contributed by atoms with Crippen LogP contribution in [0.1, 0.15) is 13.3 Å².